The fourth-order valence-electron chi connectivity index (χ4n) is 2.23. The van der Waals surface area contributed by atoms with Crippen molar-refractivity contribution < 1.29 is 25.9 Å². The highest BCUT2D eigenvalue weighted by molar-refractivity contribution is 7.86. The minimum Gasteiger partial charge on any atom is -0.282 e. The third-order valence-corrected chi connectivity index (χ3v) is 5.29. The smallest absolute Gasteiger partial charge is 0.282 e. The summed E-state index contributed by atoms with van der Waals surface area (Å²) in [5.41, 5.74) is 0.471. The minimum absolute atomic E-state index is 0.0558. The molecule has 2 rings (SSSR count). The Morgan fingerprint density at radius 1 is 0.857 bits per heavy atom. The monoisotopic (exact) mass is 436 g/mol. The van der Waals surface area contributed by atoms with Crippen LogP contribution in [0.3, 0.4) is 0 Å². The summed E-state index contributed by atoms with van der Waals surface area (Å²) in [5.74, 6) is 2.24. The zero-order valence-electron chi connectivity index (χ0n) is 14.0. The number of aliphatic imine (C=N–C) groups is 2. The first-order valence-corrected chi connectivity index (χ1v) is 10.6. The molecule has 0 radical (unpaired) electrons. The molecule has 0 saturated carbocycles. The molecule has 0 bridgehead atoms. The number of thiocarbonyl (C=S) groups is 1. The summed E-state index contributed by atoms with van der Waals surface area (Å²) in [5, 5.41) is 2.08. The molecule has 0 unspecified atom stereocenters. The van der Waals surface area contributed by atoms with Gasteiger partial charge in [-0.1, -0.05) is 24.3 Å². The standard InChI is InChI=1S/C17H12N2O6S3/c1-2-18-14-7-5-12(16(9-14)27(20,21)22)3-4-13-6-8-15(19-11-26)10-17(13)28(23,24)25/h3-10H,1H2,(H,20,21,22)(H,23,24,25)/b4-3+. The molecule has 2 aromatic rings. The molecule has 0 amide bonds. The number of nitrogens with zero attached hydrogens (tertiary/aromatic N) is 2. The van der Waals surface area contributed by atoms with E-state index >= 15 is 0 Å². The highest BCUT2D eigenvalue weighted by atomic mass is 32.2. The van der Waals surface area contributed by atoms with Gasteiger partial charge in [-0.05, 0) is 60.1 Å². The van der Waals surface area contributed by atoms with Gasteiger partial charge in [0.25, 0.3) is 20.2 Å². The lowest BCUT2D eigenvalue weighted by molar-refractivity contribution is 0.480. The van der Waals surface area contributed by atoms with Gasteiger partial charge in [-0.2, -0.15) is 21.8 Å². The summed E-state index contributed by atoms with van der Waals surface area (Å²) in [6.45, 7) is 3.28. The van der Waals surface area contributed by atoms with Gasteiger partial charge in [0.2, 0.25) is 0 Å². The van der Waals surface area contributed by atoms with Crippen molar-refractivity contribution in [3.05, 3.63) is 54.1 Å². The van der Waals surface area contributed by atoms with E-state index < -0.39 is 30.0 Å². The molecule has 0 heterocycles. The van der Waals surface area contributed by atoms with Gasteiger partial charge in [0.1, 0.15) is 9.79 Å². The Hall–Kier alpha value is -2.75. The summed E-state index contributed by atoms with van der Waals surface area (Å²) < 4.78 is 65.4. The van der Waals surface area contributed by atoms with Crippen LogP contribution in [0.5, 0.6) is 0 Å². The van der Waals surface area contributed by atoms with Gasteiger partial charge in [-0.15, -0.1) is 0 Å². The van der Waals surface area contributed by atoms with Gasteiger partial charge in [0, 0.05) is 0 Å². The molecule has 0 aliphatic heterocycles. The largest absolute Gasteiger partial charge is 0.295 e. The van der Waals surface area contributed by atoms with E-state index in [1.165, 1.54) is 36.4 Å². The molecule has 0 aromatic heterocycles. The predicted molar refractivity (Wildman–Crippen MR) is 109 cm³/mol. The van der Waals surface area contributed by atoms with Crippen LogP contribution >= 0.6 is 12.2 Å². The van der Waals surface area contributed by atoms with Gasteiger partial charge in [0.05, 0.1) is 16.5 Å². The Balaban J connectivity index is 2.63. The predicted octanol–water partition coefficient (Wildman–Crippen LogP) is 3.57. The zero-order chi connectivity index (χ0) is 20.9. The SMILES string of the molecule is C=C=Nc1ccc(/C=C/c2ccc(N=C=S)cc2S(=O)(=O)O)c(S(=O)(=O)O)c1. The highest BCUT2D eigenvalue weighted by Crippen LogP contribution is 2.27. The fraction of sp³-hybridized carbons (Fsp3) is 0. The molecular weight excluding hydrogens is 424 g/mol. The lowest BCUT2D eigenvalue weighted by Gasteiger charge is -2.06. The zero-order valence-corrected chi connectivity index (χ0v) is 16.4. The molecule has 0 fully saturated rings. The van der Waals surface area contributed by atoms with Crippen molar-refractivity contribution in [1.82, 2.24) is 0 Å². The summed E-state index contributed by atoms with van der Waals surface area (Å²) in [6, 6.07) is 7.77. The van der Waals surface area contributed by atoms with E-state index in [1.54, 1.807) is 0 Å². The van der Waals surface area contributed by atoms with Crippen LogP contribution in [0.25, 0.3) is 12.2 Å². The van der Waals surface area contributed by atoms with Crippen LogP contribution in [0.4, 0.5) is 11.4 Å². The average Bonchev–Trinajstić information content (AvgIpc) is 2.60. The third kappa shape index (κ3) is 5.38. The second kappa shape index (κ2) is 8.51. The van der Waals surface area contributed by atoms with Crippen LogP contribution in [0.2, 0.25) is 0 Å². The summed E-state index contributed by atoms with van der Waals surface area (Å²) in [4.78, 5) is 6.45. The van der Waals surface area contributed by atoms with Crippen LogP contribution in [-0.4, -0.2) is 37.0 Å². The van der Waals surface area contributed by atoms with Crippen molar-refractivity contribution in [2.45, 2.75) is 9.79 Å². The van der Waals surface area contributed by atoms with E-state index in [9.17, 15) is 25.9 Å². The maximum atomic E-state index is 11.6. The van der Waals surface area contributed by atoms with E-state index in [1.807, 2.05) is 0 Å². The molecular formula is C17H12N2O6S3. The van der Waals surface area contributed by atoms with Gasteiger partial charge < -0.3 is 0 Å². The molecule has 0 aliphatic carbocycles. The van der Waals surface area contributed by atoms with Gasteiger partial charge in [-0.25, -0.2) is 4.99 Å². The maximum Gasteiger partial charge on any atom is 0.295 e. The first-order chi connectivity index (χ1) is 13.1. The van der Waals surface area contributed by atoms with Crippen molar-refractivity contribution in [3.63, 3.8) is 0 Å². The Bertz CT molecular complexity index is 1170. The van der Waals surface area contributed by atoms with Crippen molar-refractivity contribution in [2.24, 2.45) is 9.98 Å². The fourth-order valence-corrected chi connectivity index (χ4v) is 3.74. The number of isothiocyanates is 1. The van der Waals surface area contributed by atoms with Crippen LogP contribution in [0, 0.1) is 0 Å². The Morgan fingerprint density at radius 2 is 1.29 bits per heavy atom. The quantitative estimate of drug-likeness (QED) is 0.306. The van der Waals surface area contributed by atoms with Crippen molar-refractivity contribution in [2.75, 3.05) is 0 Å². The lowest BCUT2D eigenvalue weighted by atomic mass is 10.1. The van der Waals surface area contributed by atoms with E-state index in [-0.39, 0.29) is 22.5 Å². The highest BCUT2D eigenvalue weighted by Gasteiger charge is 2.17. The molecule has 2 N–H and O–H groups in total. The van der Waals surface area contributed by atoms with Gasteiger partial charge in [0.15, 0.2) is 0 Å². The summed E-state index contributed by atoms with van der Waals surface area (Å²) in [6.07, 6.45) is 2.52. The van der Waals surface area contributed by atoms with E-state index in [2.05, 4.69) is 39.8 Å². The van der Waals surface area contributed by atoms with Gasteiger partial charge in [-0.3, -0.25) is 9.11 Å². The molecule has 0 aliphatic rings. The van der Waals surface area contributed by atoms with Crippen molar-refractivity contribution >= 4 is 67.0 Å². The number of hydrogen-bond donors (Lipinski definition) is 2. The van der Waals surface area contributed by atoms with Crippen molar-refractivity contribution in [1.29, 1.82) is 0 Å². The van der Waals surface area contributed by atoms with Crippen LogP contribution < -0.4 is 0 Å². The van der Waals surface area contributed by atoms with Crippen LogP contribution in [0.1, 0.15) is 11.1 Å². The Morgan fingerprint density at radius 3 is 1.64 bits per heavy atom. The first kappa shape index (κ1) is 21.5. The topological polar surface area (TPSA) is 133 Å². The molecule has 11 heteroatoms. The maximum absolute atomic E-state index is 11.6. The second-order valence-corrected chi connectivity index (χ2v) is 8.16. The number of rotatable bonds is 6. The average molecular weight is 436 g/mol. The Kier molecular flexibility index (Phi) is 6.55. The molecule has 0 saturated heterocycles. The molecule has 0 atom stereocenters. The molecule has 8 nitrogen and oxygen atoms in total. The number of hydrogen-bond acceptors (Lipinski definition) is 7. The van der Waals surface area contributed by atoms with Gasteiger partial charge >= 0.3 is 0 Å². The third-order valence-electron chi connectivity index (χ3n) is 3.38. The van der Waals surface area contributed by atoms with E-state index in [0.29, 0.717) is 0 Å². The summed E-state index contributed by atoms with van der Waals surface area (Å²) >= 11 is 4.46. The Labute approximate surface area is 166 Å². The first-order valence-electron chi connectivity index (χ1n) is 7.28. The van der Waals surface area contributed by atoms with Crippen LogP contribution in [-0.2, 0) is 20.2 Å². The van der Waals surface area contributed by atoms with Crippen molar-refractivity contribution in [3.8, 4) is 0 Å². The number of benzene rings is 2. The second-order valence-electron chi connectivity index (χ2n) is 5.20. The molecule has 0 spiro atoms. The molecule has 2 aromatic carbocycles. The summed E-state index contributed by atoms with van der Waals surface area (Å²) in [7, 11) is -9.20. The molecule has 144 valence electrons. The van der Waals surface area contributed by atoms with E-state index in [0.717, 1.165) is 12.1 Å². The van der Waals surface area contributed by atoms with Crippen LogP contribution in [0.15, 0.2) is 62.8 Å². The molecule has 28 heavy (non-hydrogen) atoms. The minimum atomic E-state index is -4.60. The van der Waals surface area contributed by atoms with E-state index in [4.69, 9.17) is 0 Å². The lowest BCUT2D eigenvalue weighted by Crippen LogP contribution is -2.01. The normalized spacial score (nSPS) is 11.6.